The highest BCUT2D eigenvalue weighted by atomic mass is 35.5. The van der Waals surface area contributed by atoms with Crippen LogP contribution < -0.4 is 0 Å². The number of halogens is 4. The summed E-state index contributed by atoms with van der Waals surface area (Å²) in [6.07, 6.45) is 0.787. The second-order valence-corrected chi connectivity index (χ2v) is 5.05. The maximum Gasteiger partial charge on any atom is 0.254 e. The van der Waals surface area contributed by atoms with Crippen LogP contribution in [-0.4, -0.2) is 29.3 Å². The number of benzene rings is 1. The summed E-state index contributed by atoms with van der Waals surface area (Å²) in [7, 11) is 0. The van der Waals surface area contributed by atoms with Gasteiger partial charge < -0.3 is 4.90 Å². The summed E-state index contributed by atoms with van der Waals surface area (Å²) >= 11 is 5.81. The van der Waals surface area contributed by atoms with Gasteiger partial charge in [0.2, 0.25) is 0 Å². The zero-order chi connectivity index (χ0) is 14.2. The van der Waals surface area contributed by atoms with Gasteiger partial charge in [-0.15, -0.1) is 11.6 Å². The summed E-state index contributed by atoms with van der Waals surface area (Å²) in [6, 6.07) is 1.27. The Balaban J connectivity index is 2.30. The average Bonchev–Trinajstić information content (AvgIpc) is 2.75. The Morgan fingerprint density at radius 3 is 2.47 bits per heavy atom. The molecule has 1 amide bonds. The summed E-state index contributed by atoms with van der Waals surface area (Å²) in [5.41, 5.74) is -0.194. The second kappa shape index (κ2) is 5.41. The van der Waals surface area contributed by atoms with Gasteiger partial charge in [0.05, 0.1) is 0 Å². The lowest BCUT2D eigenvalue weighted by Gasteiger charge is -2.25. The normalized spacial score (nSPS) is 22.9. The Kier molecular flexibility index (Phi) is 4.04. The first-order chi connectivity index (χ1) is 8.95. The van der Waals surface area contributed by atoms with E-state index >= 15 is 0 Å². The molecule has 0 N–H and O–H groups in total. The predicted octanol–water partition coefficient (Wildman–Crippen LogP) is 3.19. The number of hydrogen-bond donors (Lipinski definition) is 0. The fourth-order valence-electron chi connectivity index (χ4n) is 2.34. The van der Waals surface area contributed by atoms with E-state index in [1.807, 2.05) is 6.92 Å². The molecule has 1 aromatic carbocycles. The van der Waals surface area contributed by atoms with Crippen molar-refractivity contribution in [3.63, 3.8) is 0 Å². The molecule has 1 aliphatic rings. The molecule has 0 aliphatic carbocycles. The van der Waals surface area contributed by atoms with Crippen LogP contribution >= 0.6 is 11.6 Å². The highest BCUT2D eigenvalue weighted by Crippen LogP contribution is 2.27. The summed E-state index contributed by atoms with van der Waals surface area (Å²) in [6.45, 7) is 2.45. The molecule has 0 radical (unpaired) electrons. The minimum absolute atomic E-state index is 0.162. The van der Waals surface area contributed by atoms with Crippen LogP contribution in [0.3, 0.4) is 0 Å². The lowest BCUT2D eigenvalue weighted by molar-refractivity contribution is 0.0735. The van der Waals surface area contributed by atoms with Crippen molar-refractivity contribution in [2.45, 2.75) is 19.4 Å². The van der Waals surface area contributed by atoms with Crippen molar-refractivity contribution in [3.8, 4) is 0 Å². The predicted molar refractivity (Wildman–Crippen MR) is 65.6 cm³/mol. The van der Waals surface area contributed by atoms with E-state index in [2.05, 4.69) is 0 Å². The maximum absolute atomic E-state index is 13.1. The van der Waals surface area contributed by atoms with E-state index < -0.39 is 23.4 Å². The Morgan fingerprint density at radius 1 is 1.37 bits per heavy atom. The van der Waals surface area contributed by atoms with Gasteiger partial charge >= 0.3 is 0 Å². The molecule has 104 valence electrons. The standard InChI is InChI=1S/C13H13ClF3NO/c1-7-2-3-18(11(7)6-14)13(19)8-4-9(15)12(17)10(16)5-8/h4-5,7,11H,2-3,6H2,1H3. The maximum atomic E-state index is 13.1. The molecule has 1 aliphatic heterocycles. The molecule has 1 heterocycles. The summed E-state index contributed by atoms with van der Waals surface area (Å²) in [4.78, 5) is 13.7. The van der Waals surface area contributed by atoms with Gasteiger partial charge in [-0.3, -0.25) is 4.79 Å². The number of nitrogens with zero attached hydrogens (tertiary/aromatic N) is 1. The van der Waals surface area contributed by atoms with E-state index in [9.17, 15) is 18.0 Å². The molecule has 0 bridgehead atoms. The van der Waals surface area contributed by atoms with Crippen molar-refractivity contribution in [3.05, 3.63) is 35.1 Å². The third-order valence-electron chi connectivity index (χ3n) is 3.53. The molecule has 2 nitrogen and oxygen atoms in total. The van der Waals surface area contributed by atoms with Gasteiger partial charge in [-0.25, -0.2) is 13.2 Å². The van der Waals surface area contributed by atoms with Crippen molar-refractivity contribution >= 4 is 17.5 Å². The SMILES string of the molecule is CC1CCN(C(=O)c2cc(F)c(F)c(F)c2)C1CCl. The smallest absolute Gasteiger partial charge is 0.254 e. The zero-order valence-electron chi connectivity index (χ0n) is 10.3. The van der Waals surface area contributed by atoms with Crippen LogP contribution in [0.15, 0.2) is 12.1 Å². The second-order valence-electron chi connectivity index (χ2n) is 4.74. The molecule has 6 heteroatoms. The number of carbonyl (C=O) groups is 1. The van der Waals surface area contributed by atoms with Gasteiger partial charge in [0, 0.05) is 24.0 Å². The Morgan fingerprint density at radius 2 is 1.95 bits per heavy atom. The molecule has 2 unspecified atom stereocenters. The first kappa shape index (κ1) is 14.2. The van der Waals surface area contributed by atoms with Crippen LogP contribution in [0.5, 0.6) is 0 Å². The fourth-order valence-corrected chi connectivity index (χ4v) is 2.81. The lowest BCUT2D eigenvalue weighted by Crippen LogP contribution is -2.38. The van der Waals surface area contributed by atoms with Crippen LogP contribution in [0.4, 0.5) is 13.2 Å². The molecule has 0 spiro atoms. The van der Waals surface area contributed by atoms with Gasteiger partial charge in [-0.05, 0) is 24.5 Å². The lowest BCUT2D eigenvalue weighted by atomic mass is 10.0. The van der Waals surface area contributed by atoms with E-state index in [-0.39, 0.29) is 23.4 Å². The third-order valence-corrected chi connectivity index (χ3v) is 3.85. The Hall–Kier alpha value is -1.23. The zero-order valence-corrected chi connectivity index (χ0v) is 11.1. The van der Waals surface area contributed by atoms with Gasteiger partial charge in [0.15, 0.2) is 17.5 Å². The largest absolute Gasteiger partial charge is 0.334 e. The van der Waals surface area contributed by atoms with E-state index in [1.54, 1.807) is 0 Å². The van der Waals surface area contributed by atoms with Crippen LogP contribution in [0.2, 0.25) is 0 Å². The van der Waals surface area contributed by atoms with E-state index in [1.165, 1.54) is 4.90 Å². The number of hydrogen-bond acceptors (Lipinski definition) is 1. The summed E-state index contributed by atoms with van der Waals surface area (Å²) in [5, 5.41) is 0. The van der Waals surface area contributed by atoms with E-state index in [0.29, 0.717) is 6.54 Å². The third kappa shape index (κ3) is 2.56. The van der Waals surface area contributed by atoms with Gasteiger partial charge in [0.1, 0.15) is 0 Å². The van der Waals surface area contributed by atoms with Crippen LogP contribution in [-0.2, 0) is 0 Å². The average molecular weight is 292 g/mol. The Bertz CT molecular complexity index is 486. The van der Waals surface area contributed by atoms with Crippen molar-refractivity contribution in [2.24, 2.45) is 5.92 Å². The van der Waals surface area contributed by atoms with E-state index in [4.69, 9.17) is 11.6 Å². The molecule has 1 fully saturated rings. The highest BCUT2D eigenvalue weighted by Gasteiger charge is 2.34. The van der Waals surface area contributed by atoms with Gasteiger partial charge in [0.25, 0.3) is 5.91 Å². The highest BCUT2D eigenvalue weighted by molar-refractivity contribution is 6.18. The molecule has 1 saturated heterocycles. The molecule has 0 saturated carbocycles. The number of rotatable bonds is 2. The van der Waals surface area contributed by atoms with Gasteiger partial charge in [-0.2, -0.15) is 0 Å². The number of alkyl halides is 1. The fraction of sp³-hybridized carbons (Fsp3) is 0.462. The van der Waals surface area contributed by atoms with Crippen molar-refractivity contribution in [1.29, 1.82) is 0 Å². The first-order valence-corrected chi connectivity index (χ1v) is 6.50. The number of likely N-dealkylation sites (tertiary alicyclic amines) is 1. The van der Waals surface area contributed by atoms with E-state index in [0.717, 1.165) is 18.6 Å². The van der Waals surface area contributed by atoms with Crippen molar-refractivity contribution in [2.75, 3.05) is 12.4 Å². The molecule has 0 aromatic heterocycles. The molecular weight excluding hydrogens is 279 g/mol. The monoisotopic (exact) mass is 291 g/mol. The van der Waals surface area contributed by atoms with Crippen LogP contribution in [0.1, 0.15) is 23.7 Å². The first-order valence-electron chi connectivity index (χ1n) is 5.97. The topological polar surface area (TPSA) is 20.3 Å². The molecule has 2 rings (SSSR count). The molecular formula is C13H13ClF3NO. The number of carbonyl (C=O) groups excluding carboxylic acids is 1. The summed E-state index contributed by atoms with van der Waals surface area (Å²) < 4.78 is 39.1. The Labute approximate surface area is 114 Å². The number of amides is 1. The minimum Gasteiger partial charge on any atom is -0.334 e. The van der Waals surface area contributed by atoms with Crippen molar-refractivity contribution < 1.29 is 18.0 Å². The molecule has 2 atom stereocenters. The molecule has 1 aromatic rings. The van der Waals surface area contributed by atoms with Gasteiger partial charge in [-0.1, -0.05) is 6.92 Å². The molecule has 19 heavy (non-hydrogen) atoms. The quantitative estimate of drug-likeness (QED) is 0.605. The van der Waals surface area contributed by atoms with Crippen LogP contribution in [0, 0.1) is 23.4 Å². The summed E-state index contributed by atoms with van der Waals surface area (Å²) in [5.74, 6) is -4.32. The van der Waals surface area contributed by atoms with Crippen molar-refractivity contribution in [1.82, 2.24) is 4.90 Å². The minimum atomic E-state index is -1.57. The van der Waals surface area contributed by atoms with Crippen LogP contribution in [0.25, 0.3) is 0 Å².